The number of hydrogen-bond donors (Lipinski definition) is 0. The second-order valence-electron chi connectivity index (χ2n) is 8.22. The highest BCUT2D eigenvalue weighted by Crippen LogP contribution is 2.30. The van der Waals surface area contributed by atoms with Crippen molar-refractivity contribution in [1.82, 2.24) is 19.6 Å². The summed E-state index contributed by atoms with van der Waals surface area (Å²) in [6.45, 7) is 4.39. The predicted molar refractivity (Wildman–Crippen MR) is 126 cm³/mol. The monoisotopic (exact) mass is 474 g/mol. The lowest BCUT2D eigenvalue weighted by molar-refractivity contribution is -0.133. The van der Waals surface area contributed by atoms with Crippen LogP contribution < -0.4 is 0 Å². The molecule has 0 spiro atoms. The van der Waals surface area contributed by atoms with Gasteiger partial charge in [0.15, 0.2) is 0 Å². The third-order valence-corrected chi connectivity index (χ3v) is 7.23. The number of halogens is 1. The molecule has 9 heteroatoms. The maximum atomic E-state index is 12.6. The summed E-state index contributed by atoms with van der Waals surface area (Å²) in [5, 5.41) is 0.740. The Morgan fingerprint density at radius 3 is 2.56 bits per heavy atom. The summed E-state index contributed by atoms with van der Waals surface area (Å²) in [7, 11) is 1.61. The number of nitrogens with zero attached hydrogens (tertiary/aromatic N) is 4. The summed E-state index contributed by atoms with van der Waals surface area (Å²) >= 11 is 7.88. The fourth-order valence-corrected chi connectivity index (χ4v) is 5.31. The van der Waals surface area contributed by atoms with E-state index >= 15 is 0 Å². The van der Waals surface area contributed by atoms with Crippen LogP contribution in [0.2, 0.25) is 5.02 Å². The number of thiophene rings is 1. The second-order valence-corrected chi connectivity index (χ2v) is 9.83. The third kappa shape index (κ3) is 5.31. The highest BCUT2D eigenvalue weighted by molar-refractivity contribution is 7.15. The van der Waals surface area contributed by atoms with E-state index in [2.05, 4.69) is 23.1 Å². The molecule has 3 heterocycles. The Morgan fingerprint density at radius 1 is 1.09 bits per heavy atom. The molecule has 0 atom stereocenters. The Morgan fingerprint density at radius 2 is 1.88 bits per heavy atom. The van der Waals surface area contributed by atoms with Crippen molar-refractivity contribution >= 4 is 40.8 Å². The first-order chi connectivity index (χ1) is 15.4. The topological polar surface area (TPSA) is 64.2 Å². The average molecular weight is 475 g/mol. The average Bonchev–Trinajstić information content (AvgIpc) is 3.33. The number of likely N-dealkylation sites (N-methyl/N-ethyl adjacent to an activating group) is 1. The molecule has 7 nitrogen and oxygen atoms in total. The van der Waals surface area contributed by atoms with Crippen molar-refractivity contribution in [3.05, 3.63) is 46.3 Å². The minimum atomic E-state index is -0.275. The Kier molecular flexibility index (Phi) is 7.13. The zero-order valence-electron chi connectivity index (χ0n) is 18.1. The zero-order chi connectivity index (χ0) is 22.7. The summed E-state index contributed by atoms with van der Waals surface area (Å²) in [5.41, 5.74) is 1.13. The Balaban J connectivity index is 1.20. The van der Waals surface area contributed by atoms with Crippen LogP contribution in [0.3, 0.4) is 0 Å². The van der Waals surface area contributed by atoms with Crippen molar-refractivity contribution < 1.29 is 14.4 Å². The van der Waals surface area contributed by atoms with Gasteiger partial charge in [0.2, 0.25) is 11.8 Å². The maximum Gasteiger partial charge on any atom is 0.326 e. The molecule has 2 saturated heterocycles. The normalized spacial score (nSPS) is 17.5. The van der Waals surface area contributed by atoms with Crippen LogP contribution in [-0.2, 0) is 16.1 Å². The fourth-order valence-electron chi connectivity index (χ4n) is 4.07. The van der Waals surface area contributed by atoms with E-state index in [-0.39, 0.29) is 24.4 Å². The van der Waals surface area contributed by atoms with Crippen molar-refractivity contribution in [2.45, 2.75) is 19.4 Å². The first kappa shape index (κ1) is 22.8. The highest BCUT2D eigenvalue weighted by Gasteiger charge is 2.33. The van der Waals surface area contributed by atoms with Gasteiger partial charge < -0.3 is 9.80 Å². The molecule has 170 valence electrons. The summed E-state index contributed by atoms with van der Waals surface area (Å²) in [5.74, 6) is -0.0953. The van der Waals surface area contributed by atoms with Gasteiger partial charge in [-0.3, -0.25) is 19.4 Å². The smallest absolute Gasteiger partial charge is 0.326 e. The molecule has 0 radical (unpaired) electrons. The molecule has 0 bridgehead atoms. The van der Waals surface area contributed by atoms with E-state index in [0.717, 1.165) is 30.2 Å². The van der Waals surface area contributed by atoms with E-state index in [1.54, 1.807) is 18.4 Å². The van der Waals surface area contributed by atoms with Gasteiger partial charge >= 0.3 is 6.03 Å². The number of carbonyl (C=O) groups excluding carboxylic acids is 3. The van der Waals surface area contributed by atoms with Gasteiger partial charge in [-0.25, -0.2) is 4.79 Å². The van der Waals surface area contributed by atoms with Gasteiger partial charge in [0.1, 0.15) is 6.54 Å². The maximum absolute atomic E-state index is 12.6. The second kappa shape index (κ2) is 10.0. The van der Waals surface area contributed by atoms with Gasteiger partial charge in [-0.05, 0) is 36.2 Å². The van der Waals surface area contributed by atoms with Gasteiger partial charge in [-0.2, -0.15) is 0 Å². The lowest BCUT2D eigenvalue weighted by Crippen LogP contribution is -2.48. The van der Waals surface area contributed by atoms with Crippen molar-refractivity contribution in [2.75, 3.05) is 46.3 Å². The van der Waals surface area contributed by atoms with Crippen LogP contribution in [0.15, 0.2) is 36.4 Å². The molecule has 2 fully saturated rings. The van der Waals surface area contributed by atoms with Gasteiger partial charge in [-0.1, -0.05) is 23.7 Å². The quantitative estimate of drug-likeness (QED) is 0.577. The van der Waals surface area contributed by atoms with Crippen LogP contribution in [0.1, 0.15) is 17.7 Å². The fraction of sp³-hybridized carbons (Fsp3) is 0.435. The van der Waals surface area contributed by atoms with E-state index in [4.69, 9.17) is 11.6 Å². The first-order valence-electron chi connectivity index (χ1n) is 10.8. The number of piperazine rings is 1. The van der Waals surface area contributed by atoms with Crippen molar-refractivity contribution in [3.8, 4) is 10.4 Å². The van der Waals surface area contributed by atoms with E-state index in [9.17, 15) is 14.4 Å². The lowest BCUT2D eigenvalue weighted by atomic mass is 10.2. The van der Waals surface area contributed by atoms with Gasteiger partial charge in [0.25, 0.3) is 0 Å². The molecule has 0 N–H and O–H groups in total. The molecule has 0 aliphatic carbocycles. The van der Waals surface area contributed by atoms with E-state index in [1.807, 2.05) is 23.1 Å². The van der Waals surface area contributed by atoms with Gasteiger partial charge in [0.05, 0.1) is 0 Å². The number of carbonyl (C=O) groups is 3. The summed E-state index contributed by atoms with van der Waals surface area (Å²) in [6.07, 6.45) is 0.862. The van der Waals surface area contributed by atoms with Gasteiger partial charge in [0, 0.05) is 67.5 Å². The van der Waals surface area contributed by atoms with Gasteiger partial charge in [-0.15, -0.1) is 11.3 Å². The van der Waals surface area contributed by atoms with Crippen LogP contribution in [0, 0.1) is 0 Å². The third-order valence-electron chi connectivity index (χ3n) is 5.88. The molecule has 0 saturated carbocycles. The molecule has 4 amide bonds. The van der Waals surface area contributed by atoms with Crippen LogP contribution in [0.4, 0.5) is 4.79 Å². The molecule has 2 aromatic rings. The minimum Gasteiger partial charge on any atom is -0.340 e. The summed E-state index contributed by atoms with van der Waals surface area (Å²) in [4.78, 5) is 45.7. The highest BCUT2D eigenvalue weighted by atomic mass is 35.5. The van der Waals surface area contributed by atoms with Crippen LogP contribution >= 0.6 is 22.9 Å². The van der Waals surface area contributed by atoms with Crippen LogP contribution in [0.25, 0.3) is 10.4 Å². The van der Waals surface area contributed by atoms with E-state index < -0.39 is 0 Å². The molecule has 2 aliphatic rings. The lowest BCUT2D eigenvalue weighted by Gasteiger charge is -2.34. The Bertz CT molecular complexity index is 1000. The van der Waals surface area contributed by atoms with E-state index in [1.165, 1.54) is 19.6 Å². The summed E-state index contributed by atoms with van der Waals surface area (Å²) in [6, 6.07) is 11.9. The molecule has 32 heavy (non-hydrogen) atoms. The molecule has 1 aromatic heterocycles. The molecule has 0 unspecified atom stereocenters. The summed E-state index contributed by atoms with van der Waals surface area (Å²) < 4.78 is 0. The zero-order valence-corrected chi connectivity index (χ0v) is 19.7. The van der Waals surface area contributed by atoms with Crippen molar-refractivity contribution in [1.29, 1.82) is 0 Å². The molecule has 1 aromatic carbocycles. The Hall–Kier alpha value is -2.42. The number of urea groups is 1. The SMILES string of the molecule is CN1CC(=O)N(CCCC(=O)N2CCN(Cc3ccc(-c4cccc(Cl)c4)s3)CC2)C1=O. The van der Waals surface area contributed by atoms with Crippen LogP contribution in [-0.4, -0.2) is 83.8 Å². The molecule has 2 aliphatic heterocycles. The van der Waals surface area contributed by atoms with Crippen molar-refractivity contribution in [3.63, 3.8) is 0 Å². The number of hydrogen-bond acceptors (Lipinski definition) is 5. The van der Waals surface area contributed by atoms with E-state index in [0.29, 0.717) is 32.5 Å². The molecule has 4 rings (SSSR count). The van der Waals surface area contributed by atoms with Crippen LogP contribution in [0.5, 0.6) is 0 Å². The number of rotatable bonds is 7. The number of benzene rings is 1. The number of amides is 4. The molecular formula is C23H27ClN4O3S. The Labute approximate surface area is 197 Å². The standard InChI is InChI=1S/C23H27ClN4O3S/c1-25-16-22(30)28(23(25)31)9-3-6-21(29)27-12-10-26(11-13-27)15-19-7-8-20(32-19)17-4-2-5-18(24)14-17/h2,4-5,7-8,14H,3,6,9-13,15-16H2,1H3. The number of imide groups is 1. The minimum absolute atomic E-state index is 0.0939. The largest absolute Gasteiger partial charge is 0.340 e. The molecular weight excluding hydrogens is 448 g/mol. The first-order valence-corrected chi connectivity index (χ1v) is 12.0. The predicted octanol–water partition coefficient (Wildman–Crippen LogP) is 3.39. The van der Waals surface area contributed by atoms with Crippen molar-refractivity contribution in [2.24, 2.45) is 0 Å².